The molecular weight excluding hydrogens is 236 g/mol. The molecule has 3 fully saturated rings. The molecule has 0 aromatic rings. The van der Waals surface area contributed by atoms with E-state index in [-0.39, 0.29) is 0 Å². The van der Waals surface area contributed by atoms with Crippen molar-refractivity contribution < 1.29 is 4.79 Å². The van der Waals surface area contributed by atoms with Crippen molar-refractivity contribution in [2.75, 3.05) is 13.1 Å². The molecule has 3 heteroatoms. The van der Waals surface area contributed by atoms with Crippen LogP contribution < -0.4 is 5.73 Å². The lowest BCUT2D eigenvalue weighted by molar-refractivity contribution is -0.133. The van der Waals surface area contributed by atoms with E-state index in [2.05, 4.69) is 11.8 Å². The summed E-state index contributed by atoms with van der Waals surface area (Å²) in [5.74, 6) is 2.91. The first-order valence-corrected chi connectivity index (χ1v) is 8.21. The van der Waals surface area contributed by atoms with E-state index in [1.54, 1.807) is 0 Å². The average Bonchev–Trinajstić information content (AvgIpc) is 3.16. The second-order valence-electron chi connectivity index (χ2n) is 7.08. The Morgan fingerprint density at radius 2 is 1.95 bits per heavy atom. The molecule has 0 aromatic heterocycles. The summed E-state index contributed by atoms with van der Waals surface area (Å²) in [5.41, 5.74) is 5.76. The molecular formula is C16H28N2O. The fraction of sp³-hybridized carbons (Fsp3) is 0.938. The van der Waals surface area contributed by atoms with Crippen molar-refractivity contribution in [3.05, 3.63) is 0 Å². The second kappa shape index (κ2) is 5.43. The van der Waals surface area contributed by atoms with E-state index >= 15 is 0 Å². The van der Waals surface area contributed by atoms with Gasteiger partial charge in [0, 0.05) is 18.5 Å². The fourth-order valence-electron chi connectivity index (χ4n) is 4.42. The van der Waals surface area contributed by atoms with Gasteiger partial charge in [-0.3, -0.25) is 4.79 Å². The van der Waals surface area contributed by atoms with Crippen LogP contribution in [0.15, 0.2) is 0 Å². The van der Waals surface area contributed by atoms with Gasteiger partial charge in [0.05, 0.1) is 0 Å². The zero-order valence-electron chi connectivity index (χ0n) is 12.2. The summed E-state index contributed by atoms with van der Waals surface area (Å²) in [4.78, 5) is 14.7. The lowest BCUT2D eigenvalue weighted by Crippen LogP contribution is -2.36. The fourth-order valence-corrected chi connectivity index (χ4v) is 4.42. The van der Waals surface area contributed by atoms with Crippen molar-refractivity contribution in [1.82, 2.24) is 4.90 Å². The maximum atomic E-state index is 12.6. The van der Waals surface area contributed by atoms with Gasteiger partial charge in [0.15, 0.2) is 0 Å². The maximum Gasteiger partial charge on any atom is 0.226 e. The Morgan fingerprint density at radius 3 is 2.58 bits per heavy atom. The average molecular weight is 264 g/mol. The molecule has 4 unspecified atom stereocenters. The van der Waals surface area contributed by atoms with Gasteiger partial charge in [-0.05, 0) is 44.1 Å². The van der Waals surface area contributed by atoms with Crippen molar-refractivity contribution in [3.8, 4) is 0 Å². The van der Waals surface area contributed by atoms with Crippen LogP contribution in [0, 0.1) is 23.7 Å². The van der Waals surface area contributed by atoms with Crippen LogP contribution in [0.2, 0.25) is 0 Å². The number of nitrogens with zero attached hydrogens (tertiary/aromatic N) is 1. The SMILES string of the molecule is CC1CC(CN)CN1C(=O)C1CC1C1CCCCC1. The molecule has 2 N–H and O–H groups in total. The van der Waals surface area contributed by atoms with Gasteiger partial charge < -0.3 is 10.6 Å². The van der Waals surface area contributed by atoms with Crippen LogP contribution in [0.1, 0.15) is 51.9 Å². The van der Waals surface area contributed by atoms with Crippen LogP contribution in [0.25, 0.3) is 0 Å². The monoisotopic (exact) mass is 264 g/mol. The van der Waals surface area contributed by atoms with E-state index in [0.29, 0.717) is 23.8 Å². The van der Waals surface area contributed by atoms with Crippen LogP contribution in [0.4, 0.5) is 0 Å². The molecule has 3 aliphatic rings. The minimum absolute atomic E-state index is 0.363. The Morgan fingerprint density at radius 1 is 1.21 bits per heavy atom. The van der Waals surface area contributed by atoms with Gasteiger partial charge in [-0.15, -0.1) is 0 Å². The number of hydrogen-bond acceptors (Lipinski definition) is 2. The second-order valence-corrected chi connectivity index (χ2v) is 7.08. The first-order chi connectivity index (χ1) is 9.20. The minimum atomic E-state index is 0.363. The molecule has 1 heterocycles. The molecule has 2 aliphatic carbocycles. The van der Waals surface area contributed by atoms with E-state index in [1.807, 2.05) is 0 Å². The van der Waals surface area contributed by atoms with Gasteiger partial charge in [0.25, 0.3) is 0 Å². The standard InChI is InChI=1S/C16H28N2O/c1-11-7-12(9-17)10-18(11)16(19)15-8-14(15)13-5-3-2-4-6-13/h11-15H,2-10,17H2,1H3. The summed E-state index contributed by atoms with van der Waals surface area (Å²) in [6.45, 7) is 3.82. The highest BCUT2D eigenvalue weighted by atomic mass is 16.2. The largest absolute Gasteiger partial charge is 0.339 e. The lowest BCUT2D eigenvalue weighted by Gasteiger charge is -2.24. The molecule has 0 bridgehead atoms. The van der Waals surface area contributed by atoms with Gasteiger partial charge in [-0.1, -0.05) is 32.1 Å². The van der Waals surface area contributed by atoms with Gasteiger partial charge in [0.1, 0.15) is 0 Å². The number of amides is 1. The van der Waals surface area contributed by atoms with Gasteiger partial charge >= 0.3 is 0 Å². The summed E-state index contributed by atoms with van der Waals surface area (Å²) < 4.78 is 0. The molecule has 0 spiro atoms. The van der Waals surface area contributed by atoms with Crippen molar-refractivity contribution in [3.63, 3.8) is 0 Å². The van der Waals surface area contributed by atoms with E-state index in [1.165, 1.54) is 38.5 Å². The molecule has 2 saturated carbocycles. The van der Waals surface area contributed by atoms with Crippen molar-refractivity contribution in [2.24, 2.45) is 29.4 Å². The Hall–Kier alpha value is -0.570. The molecule has 1 saturated heterocycles. The number of carbonyl (C=O) groups is 1. The Bertz CT molecular complexity index is 338. The van der Waals surface area contributed by atoms with Gasteiger partial charge in [-0.25, -0.2) is 0 Å². The molecule has 3 rings (SSSR count). The van der Waals surface area contributed by atoms with Crippen LogP contribution in [0.3, 0.4) is 0 Å². The third kappa shape index (κ3) is 2.67. The topological polar surface area (TPSA) is 46.3 Å². The highest BCUT2D eigenvalue weighted by Gasteiger charge is 2.50. The molecule has 3 nitrogen and oxygen atoms in total. The summed E-state index contributed by atoms with van der Waals surface area (Å²) in [6.07, 6.45) is 9.19. The smallest absolute Gasteiger partial charge is 0.226 e. The number of nitrogens with two attached hydrogens (primary N) is 1. The van der Waals surface area contributed by atoms with Crippen LogP contribution in [0.5, 0.6) is 0 Å². The van der Waals surface area contributed by atoms with E-state index < -0.39 is 0 Å². The Kier molecular flexibility index (Phi) is 3.84. The maximum absolute atomic E-state index is 12.6. The number of rotatable bonds is 3. The summed E-state index contributed by atoms with van der Waals surface area (Å²) in [7, 11) is 0. The molecule has 108 valence electrons. The molecule has 19 heavy (non-hydrogen) atoms. The number of hydrogen-bond donors (Lipinski definition) is 1. The van der Waals surface area contributed by atoms with E-state index in [9.17, 15) is 4.79 Å². The minimum Gasteiger partial charge on any atom is -0.339 e. The predicted octanol–water partition coefficient (Wildman–Crippen LogP) is 2.40. The highest BCUT2D eigenvalue weighted by molar-refractivity contribution is 5.82. The Balaban J connectivity index is 1.54. The van der Waals surface area contributed by atoms with Crippen LogP contribution in [-0.2, 0) is 4.79 Å². The molecule has 1 amide bonds. The highest BCUT2D eigenvalue weighted by Crippen LogP contribution is 2.50. The summed E-state index contributed by atoms with van der Waals surface area (Å²) in [5, 5.41) is 0. The molecule has 0 aromatic carbocycles. The number of likely N-dealkylation sites (tertiary alicyclic amines) is 1. The van der Waals surface area contributed by atoms with E-state index in [4.69, 9.17) is 5.73 Å². The number of carbonyl (C=O) groups excluding carboxylic acids is 1. The first kappa shape index (κ1) is 13.4. The molecule has 1 aliphatic heterocycles. The van der Waals surface area contributed by atoms with Crippen molar-refractivity contribution >= 4 is 5.91 Å². The van der Waals surface area contributed by atoms with Crippen LogP contribution in [-0.4, -0.2) is 29.9 Å². The third-order valence-corrected chi connectivity index (χ3v) is 5.69. The Labute approximate surface area is 116 Å². The summed E-state index contributed by atoms with van der Waals surface area (Å²) in [6, 6.07) is 0.411. The third-order valence-electron chi connectivity index (χ3n) is 5.69. The quantitative estimate of drug-likeness (QED) is 0.851. The van der Waals surface area contributed by atoms with Gasteiger partial charge in [-0.2, -0.15) is 0 Å². The van der Waals surface area contributed by atoms with Crippen molar-refractivity contribution in [1.29, 1.82) is 0 Å². The summed E-state index contributed by atoms with van der Waals surface area (Å²) >= 11 is 0. The first-order valence-electron chi connectivity index (χ1n) is 8.21. The van der Waals surface area contributed by atoms with Gasteiger partial charge in [0.2, 0.25) is 5.91 Å². The lowest BCUT2D eigenvalue weighted by atomic mass is 9.85. The molecule has 4 atom stereocenters. The predicted molar refractivity (Wildman–Crippen MR) is 76.5 cm³/mol. The van der Waals surface area contributed by atoms with Crippen LogP contribution >= 0.6 is 0 Å². The molecule has 0 radical (unpaired) electrons. The van der Waals surface area contributed by atoms with E-state index in [0.717, 1.165) is 31.3 Å². The normalized spacial score (nSPS) is 39.6. The van der Waals surface area contributed by atoms with Crippen molar-refractivity contribution in [2.45, 2.75) is 57.9 Å². The zero-order valence-corrected chi connectivity index (χ0v) is 12.2. The zero-order chi connectivity index (χ0) is 13.4.